The molecule has 0 amide bonds. The van der Waals surface area contributed by atoms with Crippen LogP contribution in [0.5, 0.6) is 0 Å². The fourth-order valence-corrected chi connectivity index (χ4v) is 0.407. The number of carbonyl (C=O) groups excluding carboxylic acids is 1. The zero-order valence-corrected chi connectivity index (χ0v) is 7.72. The molecule has 0 N–H and O–H groups in total. The van der Waals surface area contributed by atoms with Crippen LogP contribution in [-0.4, -0.2) is 5.78 Å². The second-order valence-electron chi connectivity index (χ2n) is 1.83. The van der Waals surface area contributed by atoms with Crippen molar-refractivity contribution in [1.82, 2.24) is 0 Å². The molecule has 1 nitrogen and oxygen atoms in total. The summed E-state index contributed by atoms with van der Waals surface area (Å²) < 4.78 is 0. The summed E-state index contributed by atoms with van der Waals surface area (Å²) in [5.74, 6) is 0.125. The van der Waals surface area contributed by atoms with Gasteiger partial charge in [0.15, 0.2) is 5.78 Å². The summed E-state index contributed by atoms with van der Waals surface area (Å²) in [6.45, 7) is 5.36. The van der Waals surface area contributed by atoms with Crippen LogP contribution in [0.2, 0.25) is 0 Å². The van der Waals surface area contributed by atoms with Crippen LogP contribution in [0.1, 0.15) is 20.8 Å². The summed E-state index contributed by atoms with van der Waals surface area (Å²) in [6.07, 6.45) is 1.61. The Kier molecular flexibility index (Phi) is 7.26. The summed E-state index contributed by atoms with van der Waals surface area (Å²) in [4.78, 5) is 10.2. The van der Waals surface area contributed by atoms with Crippen LogP contribution in [0.4, 0.5) is 0 Å². The minimum Gasteiger partial charge on any atom is -0.295 e. The molecule has 0 aromatic heterocycles. The Balaban J connectivity index is 0. The molecule has 0 fully saturated rings. The van der Waals surface area contributed by atoms with Crippen molar-refractivity contribution in [2.75, 3.05) is 0 Å². The van der Waals surface area contributed by atoms with Gasteiger partial charge < -0.3 is 0 Å². The topological polar surface area (TPSA) is 17.1 Å². The van der Waals surface area contributed by atoms with Crippen LogP contribution < -0.4 is 0 Å². The quantitative estimate of drug-likeness (QED) is 0.494. The number of hydrogen-bond donors (Lipinski definition) is 0. The number of allylic oxidation sites excluding steroid dienone is 2. The molecule has 0 saturated carbocycles. The van der Waals surface area contributed by atoms with Crippen molar-refractivity contribution in [3.8, 4) is 0 Å². The van der Waals surface area contributed by atoms with Crippen LogP contribution in [0.25, 0.3) is 0 Å². The molecule has 48 valence electrons. The maximum Gasteiger partial charge on any atom is 0.152 e. The molecule has 0 aliphatic carbocycles. The van der Waals surface area contributed by atoms with E-state index in [9.17, 15) is 4.79 Å². The molecule has 0 bridgehead atoms. The Morgan fingerprint density at radius 3 is 1.62 bits per heavy atom. The monoisotopic (exact) mass is 226 g/mol. The minimum absolute atomic E-state index is 0. The zero-order valence-electron chi connectivity index (χ0n) is 5.39. The fraction of sp³-hybridized carbons (Fsp3) is 0.500. The van der Waals surface area contributed by atoms with Crippen molar-refractivity contribution in [3.05, 3.63) is 11.6 Å². The molecular formula is C6H11IO. The molecule has 0 aromatic rings. The summed E-state index contributed by atoms with van der Waals surface area (Å²) in [6, 6.07) is 0. The molecule has 0 spiro atoms. The first-order valence-electron chi connectivity index (χ1n) is 2.28. The van der Waals surface area contributed by atoms with Gasteiger partial charge >= 0.3 is 0 Å². The van der Waals surface area contributed by atoms with E-state index >= 15 is 0 Å². The summed E-state index contributed by atoms with van der Waals surface area (Å²) >= 11 is 0. The lowest BCUT2D eigenvalue weighted by molar-refractivity contribution is -0.112. The Morgan fingerprint density at radius 1 is 1.25 bits per heavy atom. The van der Waals surface area contributed by atoms with E-state index in [0.29, 0.717) is 0 Å². The largest absolute Gasteiger partial charge is 0.295 e. The van der Waals surface area contributed by atoms with Gasteiger partial charge in [0.05, 0.1) is 0 Å². The van der Waals surface area contributed by atoms with Crippen molar-refractivity contribution in [2.24, 2.45) is 0 Å². The van der Waals surface area contributed by atoms with Crippen molar-refractivity contribution in [3.63, 3.8) is 0 Å². The van der Waals surface area contributed by atoms with Gasteiger partial charge in [-0.25, -0.2) is 0 Å². The highest BCUT2D eigenvalue weighted by Crippen LogP contribution is 1.86. The summed E-state index contributed by atoms with van der Waals surface area (Å²) in [5.41, 5.74) is 1.06. The first-order chi connectivity index (χ1) is 3.13. The van der Waals surface area contributed by atoms with E-state index < -0.39 is 0 Å². The van der Waals surface area contributed by atoms with Gasteiger partial charge in [-0.15, -0.1) is 24.0 Å². The average molecular weight is 226 g/mol. The van der Waals surface area contributed by atoms with Crippen LogP contribution in [0.3, 0.4) is 0 Å². The lowest BCUT2D eigenvalue weighted by Crippen LogP contribution is -1.80. The molecular weight excluding hydrogens is 215 g/mol. The van der Waals surface area contributed by atoms with Crippen LogP contribution >= 0.6 is 24.0 Å². The molecule has 0 unspecified atom stereocenters. The number of carbonyl (C=O) groups is 1. The predicted molar refractivity (Wildman–Crippen MR) is 45.5 cm³/mol. The normalized spacial score (nSPS) is 6.88. The van der Waals surface area contributed by atoms with E-state index in [1.807, 2.05) is 13.8 Å². The Morgan fingerprint density at radius 2 is 1.62 bits per heavy atom. The molecule has 0 aliphatic heterocycles. The van der Waals surface area contributed by atoms with E-state index in [4.69, 9.17) is 0 Å². The molecule has 0 aromatic carbocycles. The van der Waals surface area contributed by atoms with Gasteiger partial charge in [0.2, 0.25) is 0 Å². The maximum atomic E-state index is 10.2. The van der Waals surface area contributed by atoms with Gasteiger partial charge in [-0.3, -0.25) is 4.79 Å². The molecule has 0 heterocycles. The number of rotatable bonds is 1. The Hall–Kier alpha value is 0.140. The van der Waals surface area contributed by atoms with Crippen molar-refractivity contribution in [2.45, 2.75) is 20.8 Å². The molecule has 8 heavy (non-hydrogen) atoms. The van der Waals surface area contributed by atoms with E-state index in [1.165, 1.54) is 0 Å². The first-order valence-corrected chi connectivity index (χ1v) is 2.28. The second kappa shape index (κ2) is 5.28. The standard InChI is InChI=1S/C6H10O.HI/c1-5(2)4-6(3)7;/h4H,1-3H3;1H. The van der Waals surface area contributed by atoms with Gasteiger partial charge in [0.25, 0.3) is 0 Å². The van der Waals surface area contributed by atoms with E-state index in [1.54, 1.807) is 13.0 Å². The lowest BCUT2D eigenvalue weighted by Gasteiger charge is -1.80. The van der Waals surface area contributed by atoms with Gasteiger partial charge in [-0.1, -0.05) is 5.57 Å². The van der Waals surface area contributed by atoms with Gasteiger partial charge in [-0.2, -0.15) is 0 Å². The highest BCUT2D eigenvalue weighted by atomic mass is 127. The molecule has 0 rings (SSSR count). The Labute approximate surface area is 67.2 Å². The SMILES string of the molecule is CC(=O)C=C(C)C.I. The maximum absolute atomic E-state index is 10.2. The third-order valence-electron chi connectivity index (χ3n) is 0.492. The average Bonchev–Trinajstić information content (AvgIpc) is 1.27. The van der Waals surface area contributed by atoms with E-state index in [0.717, 1.165) is 5.57 Å². The summed E-state index contributed by atoms with van der Waals surface area (Å²) in [5, 5.41) is 0. The summed E-state index contributed by atoms with van der Waals surface area (Å²) in [7, 11) is 0. The fourth-order valence-electron chi connectivity index (χ4n) is 0.407. The van der Waals surface area contributed by atoms with E-state index in [-0.39, 0.29) is 29.8 Å². The predicted octanol–water partition coefficient (Wildman–Crippen LogP) is 2.16. The van der Waals surface area contributed by atoms with Crippen molar-refractivity contribution in [1.29, 1.82) is 0 Å². The highest BCUT2D eigenvalue weighted by molar-refractivity contribution is 14.0. The second-order valence-corrected chi connectivity index (χ2v) is 1.83. The van der Waals surface area contributed by atoms with E-state index in [2.05, 4.69) is 0 Å². The number of hydrogen-bond acceptors (Lipinski definition) is 1. The first kappa shape index (κ1) is 11.0. The molecule has 2 heteroatoms. The van der Waals surface area contributed by atoms with Crippen molar-refractivity contribution >= 4 is 29.8 Å². The highest BCUT2D eigenvalue weighted by Gasteiger charge is 1.80. The minimum atomic E-state index is 0. The van der Waals surface area contributed by atoms with Gasteiger partial charge in [-0.05, 0) is 26.8 Å². The van der Waals surface area contributed by atoms with Gasteiger partial charge in [0.1, 0.15) is 0 Å². The van der Waals surface area contributed by atoms with Crippen LogP contribution in [-0.2, 0) is 4.79 Å². The van der Waals surface area contributed by atoms with Gasteiger partial charge in [0, 0.05) is 0 Å². The third-order valence-corrected chi connectivity index (χ3v) is 0.492. The molecule has 0 aliphatic rings. The Bertz CT molecular complexity index is 101. The van der Waals surface area contributed by atoms with Crippen molar-refractivity contribution < 1.29 is 4.79 Å². The third kappa shape index (κ3) is 9.46. The zero-order chi connectivity index (χ0) is 5.86. The lowest BCUT2D eigenvalue weighted by atomic mass is 10.3. The smallest absolute Gasteiger partial charge is 0.152 e. The molecule has 0 saturated heterocycles. The van der Waals surface area contributed by atoms with Crippen LogP contribution in [0, 0.1) is 0 Å². The molecule has 0 atom stereocenters. The van der Waals surface area contributed by atoms with Crippen LogP contribution in [0.15, 0.2) is 11.6 Å². The number of halogens is 1. The molecule has 0 radical (unpaired) electrons. The number of ketones is 1.